The van der Waals surface area contributed by atoms with E-state index in [1.165, 1.54) is 27.0 Å². The molecule has 1 aliphatic heterocycles. The summed E-state index contributed by atoms with van der Waals surface area (Å²) < 4.78 is 6.04. The number of hydrogen-bond acceptors (Lipinski definition) is 1. The van der Waals surface area contributed by atoms with Crippen molar-refractivity contribution in [3.8, 4) is 5.75 Å². The Bertz CT molecular complexity index is 1130. The van der Waals surface area contributed by atoms with Gasteiger partial charge in [-0.25, -0.2) is 0 Å². The summed E-state index contributed by atoms with van der Waals surface area (Å²) in [4.78, 5) is 0. The molecule has 0 aromatic heterocycles. The van der Waals surface area contributed by atoms with Gasteiger partial charge in [0.05, 0.1) is 6.61 Å². The molecule has 0 amide bonds. The third-order valence-electron chi connectivity index (χ3n) is 7.27. The highest BCUT2D eigenvalue weighted by atomic mass is 79.9. The molecule has 4 aromatic rings. The lowest BCUT2D eigenvalue weighted by atomic mass is 9.80. The minimum Gasteiger partial charge on any atom is -1.00 e. The fourth-order valence-electron chi connectivity index (χ4n) is 5.34. The first kappa shape index (κ1) is 24.7. The van der Waals surface area contributed by atoms with Gasteiger partial charge in [-0.3, -0.25) is 0 Å². The van der Waals surface area contributed by atoms with Gasteiger partial charge in [0.15, 0.2) is 0 Å². The summed E-state index contributed by atoms with van der Waals surface area (Å²) in [6.07, 6.45) is 1.05. The van der Waals surface area contributed by atoms with E-state index in [1.807, 2.05) is 0 Å². The first-order valence-corrected chi connectivity index (χ1v) is 13.7. The highest BCUT2D eigenvalue weighted by Crippen LogP contribution is 2.66. The quantitative estimate of drug-likeness (QED) is 0.355. The predicted molar refractivity (Wildman–Crippen MR) is 143 cm³/mol. The van der Waals surface area contributed by atoms with Crippen LogP contribution in [-0.2, 0) is 5.41 Å². The Hall–Kier alpha value is -2.41. The molecule has 3 heteroatoms. The summed E-state index contributed by atoms with van der Waals surface area (Å²) >= 11 is 0. The molecule has 34 heavy (non-hydrogen) atoms. The smallest absolute Gasteiger partial charge is 0.123 e. The molecule has 0 radical (unpaired) electrons. The van der Waals surface area contributed by atoms with E-state index in [0.717, 1.165) is 18.8 Å². The summed E-state index contributed by atoms with van der Waals surface area (Å²) in [5.74, 6) is 1.05. The second kappa shape index (κ2) is 10.1. The lowest BCUT2D eigenvalue weighted by molar-refractivity contribution is -0.00000761. The van der Waals surface area contributed by atoms with Crippen LogP contribution in [0.4, 0.5) is 0 Å². The van der Waals surface area contributed by atoms with E-state index in [0.29, 0.717) is 5.66 Å². The fraction of sp³-hybridized carbons (Fsp3) is 0.226. The minimum atomic E-state index is -1.98. The van der Waals surface area contributed by atoms with Crippen LogP contribution in [0.2, 0.25) is 0 Å². The average molecular weight is 533 g/mol. The van der Waals surface area contributed by atoms with Gasteiger partial charge in [0.1, 0.15) is 34.6 Å². The van der Waals surface area contributed by atoms with Gasteiger partial charge in [-0.05, 0) is 72.9 Å². The largest absolute Gasteiger partial charge is 1.00 e. The molecule has 0 bridgehead atoms. The van der Waals surface area contributed by atoms with Gasteiger partial charge < -0.3 is 21.7 Å². The maximum Gasteiger partial charge on any atom is 0.123 e. The van der Waals surface area contributed by atoms with Crippen molar-refractivity contribution in [2.75, 3.05) is 6.61 Å². The number of fused-ring (bicyclic) bond motifs is 1. The van der Waals surface area contributed by atoms with Crippen LogP contribution in [0.5, 0.6) is 5.75 Å². The molecule has 0 spiro atoms. The number of ether oxygens (including phenoxy) is 1. The van der Waals surface area contributed by atoms with Crippen LogP contribution in [0.25, 0.3) is 0 Å². The van der Waals surface area contributed by atoms with Crippen molar-refractivity contribution in [2.24, 2.45) is 0 Å². The van der Waals surface area contributed by atoms with Gasteiger partial charge in [-0.15, -0.1) is 0 Å². The van der Waals surface area contributed by atoms with Crippen molar-refractivity contribution < 1.29 is 21.7 Å². The summed E-state index contributed by atoms with van der Waals surface area (Å²) in [7, 11) is -1.98. The number of hydrogen-bond donors (Lipinski definition) is 0. The van der Waals surface area contributed by atoms with Crippen molar-refractivity contribution >= 4 is 23.2 Å². The second-order valence-electron chi connectivity index (χ2n) is 9.64. The van der Waals surface area contributed by atoms with Crippen LogP contribution in [-0.4, -0.2) is 6.61 Å². The van der Waals surface area contributed by atoms with Crippen LogP contribution in [0.15, 0.2) is 109 Å². The molecule has 174 valence electrons. The molecular weight excluding hydrogens is 501 g/mol. The molecule has 0 N–H and O–H groups in total. The summed E-state index contributed by atoms with van der Waals surface area (Å²) in [6, 6.07) is 40.4. The molecule has 1 heterocycles. The molecule has 0 fully saturated rings. The van der Waals surface area contributed by atoms with E-state index in [2.05, 4.69) is 130 Å². The summed E-state index contributed by atoms with van der Waals surface area (Å²) in [5.41, 5.74) is 3.16. The highest BCUT2D eigenvalue weighted by molar-refractivity contribution is 7.95. The lowest BCUT2D eigenvalue weighted by Crippen LogP contribution is -3.00. The molecule has 4 aromatic carbocycles. The first-order valence-electron chi connectivity index (χ1n) is 11.9. The zero-order chi connectivity index (χ0) is 22.9. The topological polar surface area (TPSA) is 9.23 Å². The van der Waals surface area contributed by atoms with E-state index in [4.69, 9.17) is 4.74 Å². The van der Waals surface area contributed by atoms with E-state index in [1.54, 1.807) is 0 Å². The van der Waals surface area contributed by atoms with Crippen molar-refractivity contribution in [1.82, 2.24) is 0 Å². The van der Waals surface area contributed by atoms with Gasteiger partial charge in [0.25, 0.3) is 0 Å². The van der Waals surface area contributed by atoms with Gasteiger partial charge >= 0.3 is 0 Å². The molecule has 1 nitrogen and oxygen atoms in total. The summed E-state index contributed by atoms with van der Waals surface area (Å²) in [5, 5.41) is 4.26. The molecule has 0 aliphatic carbocycles. The molecular formula is C31H32BrOP. The van der Waals surface area contributed by atoms with Gasteiger partial charge in [0.2, 0.25) is 0 Å². The third kappa shape index (κ3) is 4.23. The number of halogens is 1. The van der Waals surface area contributed by atoms with Gasteiger partial charge in [0, 0.05) is 5.56 Å². The van der Waals surface area contributed by atoms with Crippen LogP contribution in [0, 0.1) is 0 Å². The van der Waals surface area contributed by atoms with E-state index >= 15 is 0 Å². The molecule has 1 aliphatic rings. The maximum atomic E-state index is 6.04. The Morgan fingerprint density at radius 2 is 1.18 bits per heavy atom. The lowest BCUT2D eigenvalue weighted by Gasteiger charge is -2.36. The Balaban J connectivity index is 0.00000274. The molecule has 0 saturated carbocycles. The van der Waals surface area contributed by atoms with E-state index < -0.39 is 7.26 Å². The van der Waals surface area contributed by atoms with Crippen molar-refractivity contribution in [1.29, 1.82) is 0 Å². The molecule has 1 atom stereocenters. The van der Waals surface area contributed by atoms with Crippen molar-refractivity contribution in [2.45, 2.75) is 38.3 Å². The van der Waals surface area contributed by atoms with Gasteiger partial charge in [-0.2, -0.15) is 0 Å². The van der Waals surface area contributed by atoms with Crippen LogP contribution >= 0.6 is 7.26 Å². The molecule has 0 saturated heterocycles. The zero-order valence-corrected chi connectivity index (χ0v) is 22.6. The third-order valence-corrected chi connectivity index (χ3v) is 12.1. The predicted octanol–water partition coefficient (Wildman–Crippen LogP) is 3.81. The van der Waals surface area contributed by atoms with E-state index in [-0.39, 0.29) is 22.4 Å². The second-order valence-corrected chi connectivity index (χ2v) is 13.4. The maximum absolute atomic E-state index is 6.04. The first-order chi connectivity index (χ1) is 16.0. The molecule has 5 rings (SSSR count). The van der Waals surface area contributed by atoms with Crippen molar-refractivity contribution in [3.05, 3.63) is 120 Å². The Kier molecular flexibility index (Phi) is 7.31. The standard InChI is InChI=1S/C31H32OP.BrH/c1-24(25-19-20-30-29(23-25)31(2,3)21-22-32-30)33(26-13-7-4-8-14-26,27-15-9-5-10-16-27)28-17-11-6-12-18-28;/h4-20,23-24H,21-22H2,1-3H3;1H/q+1;/p-1/i24+2;. The average Bonchev–Trinajstić information content (AvgIpc) is 2.86. The van der Waals surface area contributed by atoms with Crippen LogP contribution in [0.3, 0.4) is 0 Å². The van der Waals surface area contributed by atoms with Crippen LogP contribution < -0.4 is 37.6 Å². The SMILES string of the molecule is C[14CH](c1ccc2c(c1)C(C)(C)CCO2)[P+](c1ccccc1)(c1ccccc1)c1ccccc1.[Br-]. The fourth-order valence-corrected chi connectivity index (χ4v) is 10.1. The Morgan fingerprint density at radius 3 is 1.65 bits per heavy atom. The minimum absolute atomic E-state index is 0. The Labute approximate surface area is 215 Å². The summed E-state index contributed by atoms with van der Waals surface area (Å²) in [6.45, 7) is 7.91. The molecule has 1 unspecified atom stereocenters. The highest BCUT2D eigenvalue weighted by Gasteiger charge is 2.51. The van der Waals surface area contributed by atoms with Gasteiger partial charge in [-0.1, -0.05) is 74.5 Å². The monoisotopic (exact) mass is 532 g/mol. The zero-order valence-electron chi connectivity index (χ0n) is 20.1. The van der Waals surface area contributed by atoms with Crippen molar-refractivity contribution in [3.63, 3.8) is 0 Å². The van der Waals surface area contributed by atoms with Crippen LogP contribution in [0.1, 0.15) is 44.0 Å². The number of benzene rings is 4. The Morgan fingerprint density at radius 1 is 0.706 bits per heavy atom. The number of rotatable bonds is 5. The normalized spacial score (nSPS) is 15.4. The van der Waals surface area contributed by atoms with E-state index in [9.17, 15) is 0 Å².